The highest BCUT2D eigenvalue weighted by Crippen LogP contribution is 2.23. The van der Waals surface area contributed by atoms with Crippen LogP contribution < -0.4 is 5.32 Å². The van der Waals surface area contributed by atoms with Crippen molar-refractivity contribution in [2.24, 2.45) is 0 Å². The minimum absolute atomic E-state index is 0.140. The number of rotatable bonds is 6. The number of aromatic nitrogens is 2. The lowest BCUT2D eigenvalue weighted by molar-refractivity contribution is -0.116. The van der Waals surface area contributed by atoms with Gasteiger partial charge in [-0.1, -0.05) is 77.4 Å². The molecule has 0 unspecified atom stereocenters. The molecule has 3 aromatic carbocycles. The van der Waals surface area contributed by atoms with E-state index in [4.69, 9.17) is 16.1 Å². The van der Waals surface area contributed by atoms with Crippen molar-refractivity contribution in [1.29, 1.82) is 0 Å². The number of nitrogens with one attached hydrogen (secondary N) is 1. The van der Waals surface area contributed by atoms with Crippen LogP contribution in [0.5, 0.6) is 0 Å². The van der Waals surface area contributed by atoms with Crippen LogP contribution in [0.2, 0.25) is 5.02 Å². The van der Waals surface area contributed by atoms with Crippen molar-refractivity contribution < 1.29 is 9.32 Å². The molecule has 4 aromatic rings. The fraction of sp³-hybridized carbons (Fsp3) is 0.0870. The van der Waals surface area contributed by atoms with E-state index < -0.39 is 0 Å². The Bertz CT molecular complexity index is 1110. The van der Waals surface area contributed by atoms with Gasteiger partial charge in [0.15, 0.2) is 0 Å². The highest BCUT2D eigenvalue weighted by atomic mass is 35.5. The number of carbonyl (C=O) groups is 1. The number of carbonyl (C=O) groups excluding carboxylic acids is 1. The minimum Gasteiger partial charge on any atom is -0.339 e. The molecule has 0 aliphatic carbocycles. The van der Waals surface area contributed by atoms with Crippen LogP contribution in [0.15, 0.2) is 83.4 Å². The number of halogens is 1. The van der Waals surface area contributed by atoms with Gasteiger partial charge in [0.25, 0.3) is 0 Å². The van der Waals surface area contributed by atoms with E-state index in [0.717, 1.165) is 16.7 Å². The standard InChI is InChI=1S/C23H18ClN3O2/c24-19-7-4-8-20(15-19)25-21(28)13-14-22-26-23(27-29-22)18-11-9-17(10-12-18)16-5-2-1-3-6-16/h1-12,15H,13-14H2,(H,25,28). The SMILES string of the molecule is O=C(CCc1nc(-c2ccc(-c3ccccc3)cc2)no1)Nc1cccc(Cl)c1. The van der Waals surface area contributed by atoms with E-state index in [0.29, 0.717) is 28.8 Å². The van der Waals surface area contributed by atoms with Crippen LogP contribution in [0, 0.1) is 0 Å². The molecule has 144 valence electrons. The minimum atomic E-state index is -0.140. The Balaban J connectivity index is 1.36. The molecule has 0 aliphatic rings. The second-order valence-corrected chi connectivity index (χ2v) is 6.95. The van der Waals surface area contributed by atoms with Crippen LogP contribution in [0.3, 0.4) is 0 Å². The van der Waals surface area contributed by atoms with E-state index in [1.54, 1.807) is 24.3 Å². The topological polar surface area (TPSA) is 68.0 Å². The van der Waals surface area contributed by atoms with E-state index in [1.807, 2.05) is 42.5 Å². The van der Waals surface area contributed by atoms with E-state index in [1.165, 1.54) is 0 Å². The van der Waals surface area contributed by atoms with Crippen molar-refractivity contribution in [3.05, 3.63) is 89.8 Å². The van der Waals surface area contributed by atoms with Crippen LogP contribution >= 0.6 is 11.6 Å². The zero-order valence-corrected chi connectivity index (χ0v) is 16.3. The number of benzene rings is 3. The second-order valence-electron chi connectivity index (χ2n) is 6.51. The van der Waals surface area contributed by atoms with Gasteiger partial charge in [-0.05, 0) is 29.3 Å². The van der Waals surface area contributed by atoms with Gasteiger partial charge in [-0.3, -0.25) is 4.79 Å². The summed E-state index contributed by atoms with van der Waals surface area (Å²) in [4.78, 5) is 16.5. The molecular weight excluding hydrogens is 386 g/mol. The first kappa shape index (κ1) is 18.9. The van der Waals surface area contributed by atoms with Crippen molar-refractivity contribution in [1.82, 2.24) is 10.1 Å². The van der Waals surface area contributed by atoms with Gasteiger partial charge in [-0.2, -0.15) is 4.98 Å². The smallest absolute Gasteiger partial charge is 0.227 e. The molecule has 4 rings (SSSR count). The van der Waals surface area contributed by atoms with Gasteiger partial charge in [-0.25, -0.2) is 0 Å². The fourth-order valence-corrected chi connectivity index (χ4v) is 3.12. The summed E-state index contributed by atoms with van der Waals surface area (Å²) in [7, 11) is 0. The molecule has 0 atom stereocenters. The zero-order valence-electron chi connectivity index (χ0n) is 15.5. The van der Waals surface area contributed by atoms with Crippen LogP contribution in [0.4, 0.5) is 5.69 Å². The van der Waals surface area contributed by atoms with Gasteiger partial charge in [0, 0.05) is 29.1 Å². The number of nitrogens with zero attached hydrogens (tertiary/aromatic N) is 2. The molecule has 1 heterocycles. The third-order valence-electron chi connectivity index (χ3n) is 4.39. The molecule has 1 N–H and O–H groups in total. The Hall–Kier alpha value is -3.44. The number of anilines is 1. The summed E-state index contributed by atoms with van der Waals surface area (Å²) in [5.74, 6) is 0.794. The van der Waals surface area contributed by atoms with Gasteiger partial charge in [0.2, 0.25) is 17.6 Å². The highest BCUT2D eigenvalue weighted by Gasteiger charge is 2.11. The van der Waals surface area contributed by atoms with Gasteiger partial charge in [0.1, 0.15) is 0 Å². The highest BCUT2D eigenvalue weighted by molar-refractivity contribution is 6.30. The molecule has 0 fully saturated rings. The third-order valence-corrected chi connectivity index (χ3v) is 4.63. The molecule has 0 spiro atoms. The van der Waals surface area contributed by atoms with E-state index >= 15 is 0 Å². The number of amides is 1. The molecule has 1 aromatic heterocycles. The summed E-state index contributed by atoms with van der Waals surface area (Å²) in [6.45, 7) is 0. The molecule has 0 saturated heterocycles. The predicted molar refractivity (Wildman–Crippen MR) is 114 cm³/mol. The Kier molecular flexibility index (Phi) is 5.68. The van der Waals surface area contributed by atoms with Crippen molar-refractivity contribution in [3.8, 4) is 22.5 Å². The van der Waals surface area contributed by atoms with Crippen LogP contribution in [-0.4, -0.2) is 16.0 Å². The lowest BCUT2D eigenvalue weighted by Gasteiger charge is -2.04. The molecule has 0 saturated carbocycles. The molecule has 5 nitrogen and oxygen atoms in total. The first-order valence-electron chi connectivity index (χ1n) is 9.21. The zero-order chi connectivity index (χ0) is 20.1. The van der Waals surface area contributed by atoms with Crippen molar-refractivity contribution in [3.63, 3.8) is 0 Å². The van der Waals surface area contributed by atoms with Crippen molar-refractivity contribution in [2.45, 2.75) is 12.8 Å². The third kappa shape index (κ3) is 4.89. The number of hydrogen-bond donors (Lipinski definition) is 1. The lowest BCUT2D eigenvalue weighted by atomic mass is 10.0. The Morgan fingerprint density at radius 2 is 1.62 bits per heavy atom. The summed E-state index contributed by atoms with van der Waals surface area (Å²) in [6, 6.07) is 25.1. The van der Waals surface area contributed by atoms with E-state index in [2.05, 4.69) is 27.6 Å². The largest absolute Gasteiger partial charge is 0.339 e. The lowest BCUT2D eigenvalue weighted by Crippen LogP contribution is -2.12. The first-order chi connectivity index (χ1) is 14.2. The summed E-state index contributed by atoms with van der Waals surface area (Å²) in [5, 5.41) is 7.40. The van der Waals surface area contributed by atoms with Crippen molar-refractivity contribution >= 4 is 23.2 Å². The van der Waals surface area contributed by atoms with Crippen molar-refractivity contribution in [2.75, 3.05) is 5.32 Å². The van der Waals surface area contributed by atoms with Gasteiger partial charge >= 0.3 is 0 Å². The Morgan fingerprint density at radius 1 is 0.897 bits per heavy atom. The quantitative estimate of drug-likeness (QED) is 0.453. The molecule has 0 radical (unpaired) electrons. The molecule has 29 heavy (non-hydrogen) atoms. The monoisotopic (exact) mass is 403 g/mol. The first-order valence-corrected chi connectivity index (χ1v) is 9.59. The van der Waals surface area contributed by atoms with E-state index in [9.17, 15) is 4.79 Å². The fourth-order valence-electron chi connectivity index (χ4n) is 2.93. The van der Waals surface area contributed by atoms with Crippen LogP contribution in [-0.2, 0) is 11.2 Å². The number of aryl methyl sites for hydroxylation is 1. The molecule has 1 amide bonds. The van der Waals surface area contributed by atoms with Crippen LogP contribution in [0.1, 0.15) is 12.3 Å². The van der Waals surface area contributed by atoms with Gasteiger partial charge < -0.3 is 9.84 Å². The maximum absolute atomic E-state index is 12.1. The van der Waals surface area contributed by atoms with E-state index in [-0.39, 0.29) is 12.3 Å². The average molecular weight is 404 g/mol. The summed E-state index contributed by atoms with van der Waals surface area (Å²) < 4.78 is 5.29. The second kappa shape index (κ2) is 8.71. The molecule has 0 aliphatic heterocycles. The normalized spacial score (nSPS) is 10.7. The Morgan fingerprint density at radius 3 is 2.38 bits per heavy atom. The van der Waals surface area contributed by atoms with Crippen LogP contribution in [0.25, 0.3) is 22.5 Å². The summed E-state index contributed by atoms with van der Waals surface area (Å²) in [6.07, 6.45) is 0.600. The molecule has 0 bridgehead atoms. The maximum Gasteiger partial charge on any atom is 0.227 e. The maximum atomic E-state index is 12.1. The Labute approximate surface area is 173 Å². The van der Waals surface area contributed by atoms with Gasteiger partial charge in [0.05, 0.1) is 0 Å². The summed E-state index contributed by atoms with van der Waals surface area (Å²) >= 11 is 5.92. The molecular formula is C23H18ClN3O2. The predicted octanol–water partition coefficient (Wildman–Crippen LogP) is 5.63. The summed E-state index contributed by atoms with van der Waals surface area (Å²) in [5.41, 5.74) is 3.80. The number of hydrogen-bond acceptors (Lipinski definition) is 4. The molecule has 6 heteroatoms. The average Bonchev–Trinajstić information content (AvgIpc) is 3.22. The van der Waals surface area contributed by atoms with Gasteiger partial charge in [-0.15, -0.1) is 0 Å².